The fourth-order valence-electron chi connectivity index (χ4n) is 4.30. The van der Waals surface area contributed by atoms with Crippen LogP contribution in [0.2, 0.25) is 0 Å². The van der Waals surface area contributed by atoms with Gasteiger partial charge in [-0.2, -0.15) is 18.3 Å². The van der Waals surface area contributed by atoms with Crippen LogP contribution in [0.5, 0.6) is 0 Å². The Hall–Kier alpha value is -4.77. The van der Waals surface area contributed by atoms with Gasteiger partial charge in [0, 0.05) is 56.0 Å². The Balaban J connectivity index is 1.44. The largest absolute Gasteiger partial charge is 0.416 e. The third kappa shape index (κ3) is 9.12. The van der Waals surface area contributed by atoms with Crippen molar-refractivity contribution in [3.8, 4) is 11.8 Å². The zero-order valence-corrected chi connectivity index (χ0v) is 25.5. The van der Waals surface area contributed by atoms with Gasteiger partial charge in [-0.25, -0.2) is 9.97 Å². The topological polar surface area (TPSA) is 118 Å². The second-order valence-corrected chi connectivity index (χ2v) is 10.2. The van der Waals surface area contributed by atoms with Crippen molar-refractivity contribution >= 4 is 23.2 Å². The Bertz CT molecular complexity index is 1670. The van der Waals surface area contributed by atoms with E-state index in [-0.39, 0.29) is 23.4 Å². The highest BCUT2D eigenvalue weighted by Gasteiger charge is 2.33. The molecule has 2 aromatic heterocycles. The molecule has 1 amide bonds. The van der Waals surface area contributed by atoms with E-state index in [1.807, 2.05) is 18.5 Å². The second kappa shape index (κ2) is 15.3. The highest BCUT2D eigenvalue weighted by molar-refractivity contribution is 6.04. The van der Waals surface area contributed by atoms with Gasteiger partial charge < -0.3 is 26.0 Å². The Kier molecular flexibility index (Phi) is 11.3. The number of halogens is 3. The number of ether oxygens (including phenoxy) is 1. The average molecular weight is 621 g/mol. The molecule has 45 heavy (non-hydrogen) atoms. The van der Waals surface area contributed by atoms with Crippen molar-refractivity contribution in [2.45, 2.75) is 33.1 Å². The summed E-state index contributed by atoms with van der Waals surface area (Å²) < 4.78 is 48.2. The number of nitrogens with zero attached hydrogens (tertiary/aromatic N) is 4. The van der Waals surface area contributed by atoms with Crippen molar-refractivity contribution in [3.63, 3.8) is 0 Å². The molecule has 0 aliphatic carbocycles. The number of hydrogen-bond acceptors (Lipinski definition) is 8. The van der Waals surface area contributed by atoms with Crippen LogP contribution in [0.15, 0.2) is 55.0 Å². The van der Waals surface area contributed by atoms with Crippen LogP contribution in [0.4, 0.5) is 30.5 Å². The molecule has 0 saturated carbocycles. The van der Waals surface area contributed by atoms with Crippen molar-refractivity contribution in [2.24, 2.45) is 0 Å². The highest BCUT2D eigenvalue weighted by atomic mass is 19.4. The minimum atomic E-state index is -4.57. The lowest BCUT2D eigenvalue weighted by Crippen LogP contribution is -2.25. The van der Waals surface area contributed by atoms with Crippen LogP contribution in [0.3, 0.4) is 0 Å². The first-order valence-electron chi connectivity index (χ1n) is 14.2. The van der Waals surface area contributed by atoms with Gasteiger partial charge >= 0.3 is 6.18 Å². The number of carbonyl (C=O) groups is 1. The standard InChI is InChI=1S/C32H35F3N8O2/c1-21-5-7-25(30(44)41-27-10-9-26(19-37-12-11-36-3)28(16-27)32(33,34)35)15-24(21)8-6-23-17-38-31(39-18-23)42-29-20-40-43(22(29)2)13-14-45-4/h5,7,9-10,15-18,20,36-37H,11-14,19H2,1-4H3,(H,41,44)(H,38,39,42). The number of benzene rings is 2. The van der Waals surface area contributed by atoms with Gasteiger partial charge in [0.25, 0.3) is 5.91 Å². The lowest BCUT2D eigenvalue weighted by atomic mass is 10.0. The number of alkyl halides is 3. The molecule has 236 valence electrons. The summed E-state index contributed by atoms with van der Waals surface area (Å²) in [4.78, 5) is 21.7. The maximum Gasteiger partial charge on any atom is 0.416 e. The first-order valence-corrected chi connectivity index (χ1v) is 14.2. The van der Waals surface area contributed by atoms with Crippen molar-refractivity contribution in [2.75, 3.05) is 44.5 Å². The maximum absolute atomic E-state index is 13.8. The van der Waals surface area contributed by atoms with E-state index in [2.05, 4.69) is 48.2 Å². The van der Waals surface area contributed by atoms with Gasteiger partial charge in [0.15, 0.2) is 0 Å². The van der Waals surface area contributed by atoms with E-state index in [0.717, 1.165) is 23.0 Å². The summed E-state index contributed by atoms with van der Waals surface area (Å²) >= 11 is 0. The fraction of sp³-hybridized carbons (Fsp3) is 0.312. The van der Waals surface area contributed by atoms with Crippen molar-refractivity contribution < 1.29 is 22.7 Å². The minimum absolute atomic E-state index is 0.0443. The Morgan fingerprint density at radius 1 is 1.02 bits per heavy atom. The molecule has 0 radical (unpaired) electrons. The van der Waals surface area contributed by atoms with Crippen LogP contribution in [0, 0.1) is 25.7 Å². The van der Waals surface area contributed by atoms with E-state index in [4.69, 9.17) is 4.74 Å². The van der Waals surface area contributed by atoms with Crippen molar-refractivity contribution in [1.82, 2.24) is 30.4 Å². The van der Waals surface area contributed by atoms with E-state index in [1.54, 1.807) is 50.9 Å². The van der Waals surface area contributed by atoms with Gasteiger partial charge in [0.05, 0.1) is 41.9 Å². The third-order valence-corrected chi connectivity index (χ3v) is 6.89. The molecule has 13 heteroatoms. The Morgan fingerprint density at radius 2 is 1.80 bits per heavy atom. The van der Waals surface area contributed by atoms with E-state index in [1.165, 1.54) is 12.1 Å². The number of aryl methyl sites for hydroxylation is 1. The average Bonchev–Trinajstić information content (AvgIpc) is 3.36. The molecule has 0 spiro atoms. The molecule has 0 bridgehead atoms. The van der Waals surface area contributed by atoms with Gasteiger partial charge in [0.1, 0.15) is 0 Å². The first kappa shape index (κ1) is 33.1. The van der Waals surface area contributed by atoms with E-state index in [9.17, 15) is 18.0 Å². The van der Waals surface area contributed by atoms with Crippen LogP contribution in [0.25, 0.3) is 0 Å². The number of aromatic nitrogens is 4. The number of likely N-dealkylation sites (N-methyl/N-ethyl adjacent to an activating group) is 1. The second-order valence-electron chi connectivity index (χ2n) is 10.2. The number of anilines is 3. The Labute approximate surface area is 259 Å². The molecule has 0 unspecified atom stereocenters. The van der Waals surface area contributed by atoms with Crippen LogP contribution in [-0.4, -0.2) is 59.5 Å². The highest BCUT2D eigenvalue weighted by Crippen LogP contribution is 2.34. The molecule has 0 saturated heterocycles. The van der Waals surface area contributed by atoms with Crippen LogP contribution >= 0.6 is 0 Å². The van der Waals surface area contributed by atoms with Crippen molar-refractivity contribution in [1.29, 1.82) is 0 Å². The maximum atomic E-state index is 13.8. The molecule has 0 fully saturated rings. The molecule has 4 rings (SSSR count). The van der Waals surface area contributed by atoms with Gasteiger partial charge in [-0.1, -0.05) is 24.0 Å². The fourth-order valence-corrected chi connectivity index (χ4v) is 4.30. The smallest absolute Gasteiger partial charge is 0.383 e. The molecule has 0 aliphatic heterocycles. The molecule has 0 aliphatic rings. The predicted octanol–water partition coefficient (Wildman–Crippen LogP) is 4.66. The normalized spacial score (nSPS) is 11.2. The van der Waals surface area contributed by atoms with Crippen molar-refractivity contribution in [3.05, 3.63) is 94.1 Å². The first-order chi connectivity index (χ1) is 21.6. The number of methoxy groups -OCH3 is 1. The van der Waals surface area contributed by atoms with E-state index >= 15 is 0 Å². The monoisotopic (exact) mass is 620 g/mol. The van der Waals surface area contributed by atoms with Gasteiger partial charge in [-0.15, -0.1) is 0 Å². The van der Waals surface area contributed by atoms with Gasteiger partial charge in [-0.05, 0) is 56.3 Å². The van der Waals surface area contributed by atoms with Gasteiger partial charge in [-0.3, -0.25) is 9.48 Å². The zero-order chi connectivity index (χ0) is 32.4. The van der Waals surface area contributed by atoms with E-state index in [0.29, 0.717) is 43.3 Å². The summed E-state index contributed by atoms with van der Waals surface area (Å²) in [6.07, 6.45) is 0.287. The molecule has 2 heterocycles. The number of nitrogens with one attached hydrogen (secondary N) is 4. The summed E-state index contributed by atoms with van der Waals surface area (Å²) in [7, 11) is 3.40. The zero-order valence-electron chi connectivity index (χ0n) is 25.5. The molecule has 2 aromatic carbocycles. The summed E-state index contributed by atoms with van der Waals surface area (Å²) in [6.45, 7) is 6.15. The Morgan fingerprint density at radius 3 is 2.51 bits per heavy atom. The van der Waals surface area contributed by atoms with Crippen LogP contribution in [-0.2, 0) is 24.0 Å². The van der Waals surface area contributed by atoms with Crippen LogP contribution < -0.4 is 21.3 Å². The summed E-state index contributed by atoms with van der Waals surface area (Å²) in [6, 6.07) is 8.72. The number of carbonyl (C=O) groups excluding carboxylic acids is 1. The molecule has 10 nitrogen and oxygen atoms in total. The quantitative estimate of drug-likeness (QED) is 0.134. The summed E-state index contributed by atoms with van der Waals surface area (Å²) in [5.74, 6) is 5.88. The predicted molar refractivity (Wildman–Crippen MR) is 166 cm³/mol. The number of amides is 1. The lowest BCUT2D eigenvalue weighted by molar-refractivity contribution is -0.138. The van der Waals surface area contributed by atoms with Crippen LogP contribution in [0.1, 0.15) is 43.9 Å². The van der Waals surface area contributed by atoms with Gasteiger partial charge in [0.2, 0.25) is 5.95 Å². The minimum Gasteiger partial charge on any atom is -0.383 e. The summed E-state index contributed by atoms with van der Waals surface area (Å²) in [5, 5.41) is 16.0. The molecular weight excluding hydrogens is 585 g/mol. The molecule has 4 N–H and O–H groups in total. The van der Waals surface area contributed by atoms with E-state index < -0.39 is 17.6 Å². The summed E-state index contributed by atoms with van der Waals surface area (Å²) in [5.41, 5.74) is 3.27. The number of hydrogen-bond donors (Lipinski definition) is 4. The lowest BCUT2D eigenvalue weighted by Gasteiger charge is -2.16. The number of rotatable bonds is 12. The molecule has 4 aromatic rings. The SMILES string of the molecule is CNCCNCc1ccc(NC(=O)c2ccc(C)c(C#Cc3cnc(Nc4cnn(CCOC)c4C)nc3)c2)cc1C(F)(F)F. The molecular formula is C32H35F3N8O2. The third-order valence-electron chi connectivity index (χ3n) is 6.89. The molecule has 0 atom stereocenters.